The van der Waals surface area contributed by atoms with E-state index in [-0.39, 0.29) is 5.91 Å². The first-order valence-electron chi connectivity index (χ1n) is 8.14. The summed E-state index contributed by atoms with van der Waals surface area (Å²) in [6.07, 6.45) is 6.12. The highest BCUT2D eigenvalue weighted by Crippen LogP contribution is 2.17. The number of pyridine rings is 1. The number of carbonyl (C=O) groups excluding carboxylic acids is 1. The van der Waals surface area contributed by atoms with Gasteiger partial charge in [0.1, 0.15) is 5.76 Å². The van der Waals surface area contributed by atoms with Crippen LogP contribution in [-0.2, 0) is 11.3 Å². The summed E-state index contributed by atoms with van der Waals surface area (Å²) in [5.74, 6) is 1.57. The minimum Gasteiger partial charge on any atom is -0.445 e. The topological polar surface area (TPSA) is 74.5 Å². The molecule has 1 N–H and O–H groups in total. The quantitative estimate of drug-likeness (QED) is 0.866. The molecular formula is C17H23N5O2. The Balaban J connectivity index is 1.45. The molecule has 2 aromatic heterocycles. The molecule has 0 spiro atoms. The third-order valence-electron chi connectivity index (χ3n) is 4.24. The monoisotopic (exact) mass is 329 g/mol. The summed E-state index contributed by atoms with van der Waals surface area (Å²) in [5.41, 5.74) is 0.731. The Morgan fingerprint density at radius 2 is 2.38 bits per heavy atom. The van der Waals surface area contributed by atoms with Gasteiger partial charge in [0.15, 0.2) is 0 Å². The average molecular weight is 329 g/mol. The molecule has 1 atom stereocenters. The molecule has 0 radical (unpaired) electrons. The van der Waals surface area contributed by atoms with E-state index in [2.05, 4.69) is 32.1 Å². The number of aromatic nitrogens is 2. The predicted molar refractivity (Wildman–Crippen MR) is 90.4 cm³/mol. The summed E-state index contributed by atoms with van der Waals surface area (Å²) < 4.78 is 5.54. The van der Waals surface area contributed by atoms with Gasteiger partial charge in [-0.3, -0.25) is 19.6 Å². The van der Waals surface area contributed by atoms with E-state index in [4.69, 9.17) is 4.42 Å². The minimum absolute atomic E-state index is 0.00497. The van der Waals surface area contributed by atoms with Crippen LogP contribution in [-0.4, -0.2) is 58.4 Å². The molecule has 7 heteroatoms. The maximum atomic E-state index is 12.1. The van der Waals surface area contributed by atoms with Crippen molar-refractivity contribution in [2.24, 2.45) is 0 Å². The molecule has 0 saturated carbocycles. The average Bonchev–Trinajstić information content (AvgIpc) is 3.17. The predicted octanol–water partition coefficient (Wildman–Crippen LogP) is 1.52. The molecule has 0 aliphatic carbocycles. The van der Waals surface area contributed by atoms with E-state index in [0.29, 0.717) is 19.1 Å². The Kier molecular flexibility index (Phi) is 5.22. The molecule has 24 heavy (non-hydrogen) atoms. The lowest BCUT2D eigenvalue weighted by atomic mass is 10.2. The third-order valence-corrected chi connectivity index (χ3v) is 4.24. The molecule has 0 unspecified atom stereocenters. The molecule has 2 aromatic rings. The molecule has 3 rings (SSSR count). The maximum absolute atomic E-state index is 12.1. The first kappa shape index (κ1) is 16.6. The second-order valence-corrected chi connectivity index (χ2v) is 6.25. The van der Waals surface area contributed by atoms with Crippen molar-refractivity contribution >= 4 is 11.6 Å². The van der Waals surface area contributed by atoms with Crippen LogP contribution >= 0.6 is 0 Å². The van der Waals surface area contributed by atoms with Crippen LogP contribution in [0.15, 0.2) is 35.1 Å². The minimum atomic E-state index is -0.00497. The van der Waals surface area contributed by atoms with Crippen molar-refractivity contribution in [2.45, 2.75) is 25.9 Å². The van der Waals surface area contributed by atoms with E-state index in [1.165, 1.54) is 0 Å². The van der Waals surface area contributed by atoms with Gasteiger partial charge in [0.05, 0.1) is 31.2 Å². The summed E-state index contributed by atoms with van der Waals surface area (Å²) in [6, 6.07) is 4.05. The number of rotatable bonds is 6. The Labute approximate surface area is 141 Å². The molecule has 1 saturated heterocycles. The lowest BCUT2D eigenvalue weighted by Crippen LogP contribution is -2.36. The van der Waals surface area contributed by atoms with Gasteiger partial charge in [0, 0.05) is 25.3 Å². The van der Waals surface area contributed by atoms with E-state index in [1.54, 1.807) is 24.7 Å². The highest BCUT2D eigenvalue weighted by atomic mass is 16.4. The molecule has 1 amide bonds. The Morgan fingerprint density at radius 1 is 1.50 bits per heavy atom. The van der Waals surface area contributed by atoms with Gasteiger partial charge >= 0.3 is 0 Å². The molecule has 128 valence electrons. The number of likely N-dealkylation sites (tertiary alicyclic amines) is 1. The lowest BCUT2D eigenvalue weighted by Gasteiger charge is -2.23. The fraction of sp³-hybridized carbons (Fsp3) is 0.471. The normalized spacial score (nSPS) is 18.2. The van der Waals surface area contributed by atoms with Crippen molar-refractivity contribution in [3.05, 3.63) is 42.4 Å². The van der Waals surface area contributed by atoms with Crippen molar-refractivity contribution in [1.29, 1.82) is 0 Å². The van der Waals surface area contributed by atoms with Gasteiger partial charge in [-0.05, 0) is 32.5 Å². The molecule has 7 nitrogen and oxygen atoms in total. The van der Waals surface area contributed by atoms with Crippen LogP contribution in [0.1, 0.15) is 18.1 Å². The van der Waals surface area contributed by atoms with Crippen LogP contribution in [0.5, 0.6) is 0 Å². The van der Waals surface area contributed by atoms with Gasteiger partial charge in [0.2, 0.25) is 11.8 Å². The van der Waals surface area contributed by atoms with Gasteiger partial charge in [0.25, 0.3) is 0 Å². The first-order chi connectivity index (χ1) is 11.6. The Hall–Kier alpha value is -2.25. The first-order valence-corrected chi connectivity index (χ1v) is 8.14. The molecular weight excluding hydrogens is 306 g/mol. The van der Waals surface area contributed by atoms with Gasteiger partial charge < -0.3 is 9.73 Å². The second kappa shape index (κ2) is 7.55. The van der Waals surface area contributed by atoms with Crippen molar-refractivity contribution in [3.8, 4) is 0 Å². The standard InChI is InChI=1S/C17H23N5O2/c1-13-8-19-17(24-13)12-21(2)15-5-7-22(10-15)11-16(23)20-14-4-3-6-18-9-14/h3-4,6,8-9,15H,5,7,10-12H2,1-2H3,(H,20,23)/t15-/m0/s1. The number of oxazole rings is 1. The zero-order valence-electron chi connectivity index (χ0n) is 14.1. The molecule has 3 heterocycles. The van der Waals surface area contributed by atoms with Crippen LogP contribution in [0.4, 0.5) is 5.69 Å². The lowest BCUT2D eigenvalue weighted by molar-refractivity contribution is -0.117. The summed E-state index contributed by atoms with van der Waals surface area (Å²) in [4.78, 5) is 24.8. The van der Waals surface area contributed by atoms with Gasteiger partial charge in [-0.15, -0.1) is 0 Å². The fourth-order valence-corrected chi connectivity index (χ4v) is 2.97. The van der Waals surface area contributed by atoms with E-state index in [1.807, 2.05) is 13.0 Å². The van der Waals surface area contributed by atoms with Crippen LogP contribution < -0.4 is 5.32 Å². The summed E-state index contributed by atoms with van der Waals surface area (Å²) in [6.45, 7) is 4.77. The molecule has 0 bridgehead atoms. The smallest absolute Gasteiger partial charge is 0.238 e. The highest BCUT2D eigenvalue weighted by Gasteiger charge is 2.27. The Morgan fingerprint density at radius 3 is 3.08 bits per heavy atom. The number of nitrogens with one attached hydrogen (secondary N) is 1. The largest absolute Gasteiger partial charge is 0.445 e. The molecule has 1 fully saturated rings. The number of amides is 1. The number of carbonyl (C=O) groups is 1. The molecule has 1 aliphatic rings. The van der Waals surface area contributed by atoms with Crippen LogP contribution in [0, 0.1) is 6.92 Å². The number of hydrogen-bond acceptors (Lipinski definition) is 6. The van der Waals surface area contributed by atoms with Crippen molar-refractivity contribution < 1.29 is 9.21 Å². The Bertz CT molecular complexity index is 673. The van der Waals surface area contributed by atoms with E-state index in [0.717, 1.165) is 36.8 Å². The van der Waals surface area contributed by atoms with E-state index in [9.17, 15) is 4.79 Å². The number of aryl methyl sites for hydroxylation is 1. The number of likely N-dealkylation sites (N-methyl/N-ethyl adjacent to an activating group) is 1. The van der Waals surface area contributed by atoms with Crippen molar-refractivity contribution in [2.75, 3.05) is 32.0 Å². The number of anilines is 1. The second-order valence-electron chi connectivity index (χ2n) is 6.25. The zero-order chi connectivity index (χ0) is 16.9. The van der Waals surface area contributed by atoms with Crippen molar-refractivity contribution in [3.63, 3.8) is 0 Å². The zero-order valence-corrected chi connectivity index (χ0v) is 14.1. The van der Waals surface area contributed by atoms with Gasteiger partial charge in [-0.2, -0.15) is 0 Å². The number of hydrogen-bond donors (Lipinski definition) is 1. The number of nitrogens with zero attached hydrogens (tertiary/aromatic N) is 4. The van der Waals surface area contributed by atoms with Crippen LogP contribution in [0.2, 0.25) is 0 Å². The molecule has 1 aliphatic heterocycles. The van der Waals surface area contributed by atoms with Crippen molar-refractivity contribution in [1.82, 2.24) is 19.8 Å². The summed E-state index contributed by atoms with van der Waals surface area (Å²) in [5, 5.41) is 2.87. The third kappa shape index (κ3) is 4.39. The maximum Gasteiger partial charge on any atom is 0.238 e. The van der Waals surface area contributed by atoms with Gasteiger partial charge in [-0.25, -0.2) is 4.98 Å². The van der Waals surface area contributed by atoms with E-state index < -0.39 is 0 Å². The SMILES string of the molecule is Cc1cnc(CN(C)[C@H]2CCN(CC(=O)Nc3cccnc3)C2)o1. The van der Waals surface area contributed by atoms with Crippen LogP contribution in [0.3, 0.4) is 0 Å². The fourth-order valence-electron chi connectivity index (χ4n) is 2.97. The molecule has 0 aromatic carbocycles. The summed E-state index contributed by atoms with van der Waals surface area (Å²) >= 11 is 0. The van der Waals surface area contributed by atoms with Gasteiger partial charge in [-0.1, -0.05) is 0 Å². The summed E-state index contributed by atoms with van der Waals surface area (Å²) in [7, 11) is 2.07. The van der Waals surface area contributed by atoms with Crippen LogP contribution in [0.25, 0.3) is 0 Å². The van der Waals surface area contributed by atoms with E-state index >= 15 is 0 Å². The highest BCUT2D eigenvalue weighted by molar-refractivity contribution is 5.92.